The fourth-order valence-electron chi connectivity index (χ4n) is 3.16. The Morgan fingerprint density at radius 2 is 1.04 bits per heavy atom. The second-order valence-corrected chi connectivity index (χ2v) is 6.96. The molecule has 0 saturated heterocycles. The van der Waals surface area contributed by atoms with Crippen LogP contribution in [0.15, 0.2) is 48.5 Å². The van der Waals surface area contributed by atoms with Gasteiger partial charge in [0.2, 0.25) is 0 Å². The van der Waals surface area contributed by atoms with Crippen LogP contribution in [0.5, 0.6) is 0 Å². The van der Waals surface area contributed by atoms with Crippen molar-refractivity contribution in [3.05, 3.63) is 65.2 Å². The van der Waals surface area contributed by atoms with Crippen molar-refractivity contribution in [1.29, 1.82) is 0 Å². The predicted molar refractivity (Wildman–Crippen MR) is 106 cm³/mol. The Kier molecular flexibility index (Phi) is 8.45. The van der Waals surface area contributed by atoms with Crippen LogP contribution in [0.25, 0.3) is 0 Å². The molecule has 2 aromatic rings. The fraction of sp³-hybridized carbons (Fsp3) is 0.478. The molecular weight excluding hydrogens is 290 g/mol. The van der Waals surface area contributed by atoms with Crippen LogP contribution in [0.4, 0.5) is 5.69 Å². The third-order valence-electron chi connectivity index (χ3n) is 4.73. The first-order valence-electron chi connectivity index (χ1n) is 9.70. The topological polar surface area (TPSA) is 26.0 Å². The van der Waals surface area contributed by atoms with Gasteiger partial charge in [-0.3, -0.25) is 0 Å². The molecule has 0 bridgehead atoms. The first-order valence-corrected chi connectivity index (χ1v) is 9.70. The maximum Gasteiger partial charge on any atom is 0.0314 e. The third-order valence-corrected chi connectivity index (χ3v) is 4.73. The molecule has 0 radical (unpaired) electrons. The predicted octanol–water partition coefficient (Wildman–Crippen LogP) is 6.54. The van der Waals surface area contributed by atoms with Gasteiger partial charge >= 0.3 is 0 Å². The van der Waals surface area contributed by atoms with Gasteiger partial charge in [-0.15, -0.1) is 0 Å². The van der Waals surface area contributed by atoms with Gasteiger partial charge in [-0.1, -0.05) is 88.3 Å². The van der Waals surface area contributed by atoms with Crippen molar-refractivity contribution in [3.8, 4) is 0 Å². The molecule has 0 amide bonds. The summed E-state index contributed by atoms with van der Waals surface area (Å²) in [6.45, 7) is 2.28. The van der Waals surface area contributed by atoms with Crippen LogP contribution in [-0.4, -0.2) is 0 Å². The number of aryl methyl sites for hydroxylation is 1. The SMILES string of the molecule is CCCCCCCCCCc1ccc(Cc2ccc(N)cc2)cc1. The Labute approximate surface area is 148 Å². The summed E-state index contributed by atoms with van der Waals surface area (Å²) in [5.41, 5.74) is 10.7. The summed E-state index contributed by atoms with van der Waals surface area (Å²) in [5.74, 6) is 0. The molecule has 0 aromatic heterocycles. The maximum atomic E-state index is 5.74. The second kappa shape index (κ2) is 10.9. The molecule has 0 heterocycles. The van der Waals surface area contributed by atoms with Crippen LogP contribution in [0.3, 0.4) is 0 Å². The number of nitrogen functional groups attached to an aromatic ring is 1. The van der Waals surface area contributed by atoms with Gasteiger partial charge < -0.3 is 5.73 Å². The van der Waals surface area contributed by atoms with Crippen LogP contribution in [0, 0.1) is 0 Å². The Balaban J connectivity index is 1.64. The molecule has 0 aliphatic rings. The highest BCUT2D eigenvalue weighted by atomic mass is 14.5. The zero-order valence-corrected chi connectivity index (χ0v) is 15.3. The van der Waals surface area contributed by atoms with E-state index < -0.39 is 0 Å². The summed E-state index contributed by atoms with van der Waals surface area (Å²) >= 11 is 0. The fourth-order valence-corrected chi connectivity index (χ4v) is 3.16. The van der Waals surface area contributed by atoms with Crippen LogP contribution >= 0.6 is 0 Å². The molecule has 2 N–H and O–H groups in total. The lowest BCUT2D eigenvalue weighted by Crippen LogP contribution is -1.91. The van der Waals surface area contributed by atoms with E-state index in [4.69, 9.17) is 5.73 Å². The number of anilines is 1. The molecule has 2 rings (SSSR count). The molecule has 0 unspecified atom stereocenters. The number of benzene rings is 2. The normalized spacial score (nSPS) is 10.9. The minimum absolute atomic E-state index is 0.833. The average molecular weight is 324 g/mol. The highest BCUT2D eigenvalue weighted by Gasteiger charge is 1.99. The van der Waals surface area contributed by atoms with Crippen molar-refractivity contribution >= 4 is 5.69 Å². The van der Waals surface area contributed by atoms with Crippen molar-refractivity contribution < 1.29 is 0 Å². The van der Waals surface area contributed by atoms with Crippen molar-refractivity contribution in [3.63, 3.8) is 0 Å². The van der Waals surface area contributed by atoms with E-state index in [1.807, 2.05) is 12.1 Å². The zero-order chi connectivity index (χ0) is 17.0. The van der Waals surface area contributed by atoms with E-state index in [0.717, 1.165) is 12.1 Å². The monoisotopic (exact) mass is 323 g/mol. The Hall–Kier alpha value is -1.76. The summed E-state index contributed by atoms with van der Waals surface area (Å²) in [4.78, 5) is 0. The zero-order valence-electron chi connectivity index (χ0n) is 15.3. The lowest BCUT2D eigenvalue weighted by molar-refractivity contribution is 0.575. The third kappa shape index (κ3) is 7.21. The first kappa shape index (κ1) is 18.6. The van der Waals surface area contributed by atoms with Gasteiger partial charge in [-0.2, -0.15) is 0 Å². The van der Waals surface area contributed by atoms with E-state index in [1.54, 1.807) is 0 Å². The molecule has 0 atom stereocenters. The van der Waals surface area contributed by atoms with E-state index >= 15 is 0 Å². The number of hydrogen-bond donors (Lipinski definition) is 1. The maximum absolute atomic E-state index is 5.74. The first-order chi connectivity index (χ1) is 11.8. The van der Waals surface area contributed by atoms with E-state index in [0.29, 0.717) is 0 Å². The van der Waals surface area contributed by atoms with Gasteiger partial charge in [0.1, 0.15) is 0 Å². The van der Waals surface area contributed by atoms with Gasteiger partial charge in [0.25, 0.3) is 0 Å². The smallest absolute Gasteiger partial charge is 0.0314 e. The molecule has 130 valence electrons. The quantitative estimate of drug-likeness (QED) is 0.368. The summed E-state index contributed by atoms with van der Waals surface area (Å²) in [5, 5.41) is 0. The number of hydrogen-bond acceptors (Lipinski definition) is 1. The molecule has 0 aliphatic carbocycles. The Bertz CT molecular complexity index is 554. The lowest BCUT2D eigenvalue weighted by atomic mass is 10.0. The van der Waals surface area contributed by atoms with Crippen molar-refractivity contribution in [2.45, 2.75) is 71.1 Å². The van der Waals surface area contributed by atoms with E-state index in [2.05, 4.69) is 43.3 Å². The van der Waals surface area contributed by atoms with E-state index in [1.165, 1.54) is 74.5 Å². The van der Waals surface area contributed by atoms with E-state index in [-0.39, 0.29) is 0 Å². The number of unbranched alkanes of at least 4 members (excludes halogenated alkanes) is 7. The molecule has 1 heteroatoms. The van der Waals surface area contributed by atoms with Gasteiger partial charge in [-0.05, 0) is 48.1 Å². The molecule has 0 aliphatic heterocycles. The molecule has 0 spiro atoms. The molecule has 0 saturated carbocycles. The van der Waals surface area contributed by atoms with Crippen LogP contribution < -0.4 is 5.73 Å². The molecule has 24 heavy (non-hydrogen) atoms. The Morgan fingerprint density at radius 1 is 0.583 bits per heavy atom. The minimum Gasteiger partial charge on any atom is -0.399 e. The van der Waals surface area contributed by atoms with Gasteiger partial charge in [-0.25, -0.2) is 0 Å². The molecule has 0 fully saturated rings. The number of nitrogens with two attached hydrogens (primary N) is 1. The van der Waals surface area contributed by atoms with Gasteiger partial charge in [0.15, 0.2) is 0 Å². The molecule has 1 nitrogen and oxygen atoms in total. The average Bonchev–Trinajstić information content (AvgIpc) is 2.61. The minimum atomic E-state index is 0.833. The van der Waals surface area contributed by atoms with Crippen molar-refractivity contribution in [2.24, 2.45) is 0 Å². The number of rotatable bonds is 11. The van der Waals surface area contributed by atoms with Crippen molar-refractivity contribution in [2.75, 3.05) is 5.73 Å². The van der Waals surface area contributed by atoms with Crippen LogP contribution in [0.1, 0.15) is 75.0 Å². The summed E-state index contributed by atoms with van der Waals surface area (Å²) < 4.78 is 0. The summed E-state index contributed by atoms with van der Waals surface area (Å²) in [6.07, 6.45) is 13.3. The van der Waals surface area contributed by atoms with Crippen LogP contribution in [-0.2, 0) is 12.8 Å². The van der Waals surface area contributed by atoms with Crippen LogP contribution in [0.2, 0.25) is 0 Å². The van der Waals surface area contributed by atoms with Gasteiger partial charge in [0.05, 0.1) is 0 Å². The second-order valence-electron chi connectivity index (χ2n) is 6.96. The highest BCUT2D eigenvalue weighted by Crippen LogP contribution is 2.15. The van der Waals surface area contributed by atoms with Crippen molar-refractivity contribution in [1.82, 2.24) is 0 Å². The summed E-state index contributed by atoms with van der Waals surface area (Å²) in [6, 6.07) is 17.3. The van der Waals surface area contributed by atoms with E-state index in [9.17, 15) is 0 Å². The summed E-state index contributed by atoms with van der Waals surface area (Å²) in [7, 11) is 0. The lowest BCUT2D eigenvalue weighted by Gasteiger charge is -2.06. The largest absolute Gasteiger partial charge is 0.399 e. The highest BCUT2D eigenvalue weighted by molar-refractivity contribution is 5.40. The standard InChI is InChI=1S/C23H33N/c1-2-3-4-5-6-7-8-9-10-20-11-13-21(14-12-20)19-22-15-17-23(24)18-16-22/h11-18H,2-10,19,24H2,1H3. The van der Waals surface area contributed by atoms with Gasteiger partial charge in [0, 0.05) is 5.69 Å². The molecule has 2 aromatic carbocycles. The Morgan fingerprint density at radius 3 is 1.62 bits per heavy atom. The molecular formula is C23H33N.